The molecule has 0 unspecified atom stereocenters. The van der Waals surface area contributed by atoms with Crippen LogP contribution in [0.3, 0.4) is 0 Å². The van der Waals surface area contributed by atoms with E-state index < -0.39 is 0 Å². The van der Waals surface area contributed by atoms with E-state index >= 15 is 0 Å². The first kappa shape index (κ1) is 19.9. The lowest BCUT2D eigenvalue weighted by molar-refractivity contribution is 0.103. The number of thiophene rings is 1. The van der Waals surface area contributed by atoms with Crippen molar-refractivity contribution in [3.8, 4) is 17.0 Å². The fourth-order valence-corrected chi connectivity index (χ4v) is 4.99. The quantitative estimate of drug-likeness (QED) is 0.322. The molecule has 5 nitrogen and oxygen atoms in total. The molecule has 0 aliphatic heterocycles. The average molecular weight is 533 g/mol. The topological polar surface area (TPSA) is 77.2 Å². The van der Waals surface area contributed by atoms with E-state index in [0.29, 0.717) is 16.3 Å². The predicted molar refractivity (Wildman–Crippen MR) is 126 cm³/mol. The standard InChI is InChI=1S/C21H15Br2N3O2S/c1-28-13-5-2-11(3-6-13)16-9-7-14-18(24)19(29-21(14)26-16)20(27)25-17-8-4-12(22)10-15(17)23/h2-10H,24H2,1H3,(H,25,27). The highest BCUT2D eigenvalue weighted by Gasteiger charge is 2.19. The van der Waals surface area contributed by atoms with Crippen LogP contribution in [0.25, 0.3) is 21.5 Å². The molecule has 0 spiro atoms. The number of carbonyl (C=O) groups is 1. The number of nitrogens with two attached hydrogens (primary N) is 1. The van der Waals surface area contributed by atoms with Gasteiger partial charge in [-0.3, -0.25) is 4.79 Å². The molecule has 2 heterocycles. The first-order valence-corrected chi connectivity index (χ1v) is 11.0. The summed E-state index contributed by atoms with van der Waals surface area (Å²) < 4.78 is 6.89. The van der Waals surface area contributed by atoms with Crippen molar-refractivity contribution in [2.45, 2.75) is 0 Å². The van der Waals surface area contributed by atoms with Crippen molar-refractivity contribution < 1.29 is 9.53 Å². The lowest BCUT2D eigenvalue weighted by Crippen LogP contribution is -2.12. The van der Waals surface area contributed by atoms with Crippen molar-refractivity contribution in [3.05, 3.63) is 68.4 Å². The molecule has 146 valence electrons. The molecule has 1 amide bonds. The van der Waals surface area contributed by atoms with Crippen LogP contribution in [-0.2, 0) is 0 Å². The molecule has 0 fully saturated rings. The largest absolute Gasteiger partial charge is 0.497 e. The molecule has 0 radical (unpaired) electrons. The van der Waals surface area contributed by atoms with Crippen LogP contribution in [0.2, 0.25) is 0 Å². The van der Waals surface area contributed by atoms with Gasteiger partial charge < -0.3 is 15.8 Å². The highest BCUT2D eigenvalue weighted by atomic mass is 79.9. The number of benzene rings is 2. The Morgan fingerprint density at radius 3 is 2.55 bits per heavy atom. The minimum absolute atomic E-state index is 0.264. The number of halogens is 2. The van der Waals surface area contributed by atoms with Crippen molar-refractivity contribution in [3.63, 3.8) is 0 Å². The number of rotatable bonds is 4. The molecule has 4 rings (SSSR count). The molecule has 3 N–H and O–H groups in total. The van der Waals surface area contributed by atoms with Crippen LogP contribution in [0, 0.1) is 0 Å². The summed E-state index contributed by atoms with van der Waals surface area (Å²) >= 11 is 8.13. The van der Waals surface area contributed by atoms with E-state index in [2.05, 4.69) is 37.2 Å². The minimum Gasteiger partial charge on any atom is -0.497 e. The fraction of sp³-hybridized carbons (Fsp3) is 0.0476. The number of hydrogen-bond donors (Lipinski definition) is 2. The number of anilines is 2. The van der Waals surface area contributed by atoms with Crippen molar-refractivity contribution in [1.82, 2.24) is 4.98 Å². The van der Waals surface area contributed by atoms with Crippen molar-refractivity contribution >= 4 is 70.7 Å². The molecular formula is C21H15Br2N3O2S. The Balaban J connectivity index is 1.66. The van der Waals surface area contributed by atoms with Gasteiger partial charge in [0.05, 0.1) is 24.2 Å². The fourth-order valence-electron chi connectivity index (χ4n) is 2.86. The molecule has 29 heavy (non-hydrogen) atoms. The molecule has 0 saturated heterocycles. The molecule has 0 atom stereocenters. The Morgan fingerprint density at radius 2 is 1.86 bits per heavy atom. The Morgan fingerprint density at radius 1 is 1.10 bits per heavy atom. The number of ether oxygens (including phenoxy) is 1. The lowest BCUT2D eigenvalue weighted by atomic mass is 10.1. The zero-order valence-corrected chi connectivity index (χ0v) is 19.2. The summed E-state index contributed by atoms with van der Waals surface area (Å²) in [6.07, 6.45) is 0. The maximum absolute atomic E-state index is 12.8. The Kier molecular flexibility index (Phi) is 5.58. The lowest BCUT2D eigenvalue weighted by Gasteiger charge is -2.07. The Labute approximate surface area is 188 Å². The van der Waals surface area contributed by atoms with Crippen LogP contribution in [-0.4, -0.2) is 18.0 Å². The van der Waals surface area contributed by atoms with Crippen LogP contribution < -0.4 is 15.8 Å². The number of fused-ring (bicyclic) bond motifs is 1. The van der Waals surface area contributed by atoms with Gasteiger partial charge in [0, 0.05) is 19.9 Å². The molecule has 2 aromatic heterocycles. The first-order valence-electron chi connectivity index (χ1n) is 8.56. The molecule has 4 aromatic rings. The summed E-state index contributed by atoms with van der Waals surface area (Å²) in [6.45, 7) is 0. The molecule has 0 saturated carbocycles. The smallest absolute Gasteiger partial charge is 0.267 e. The van der Waals surface area contributed by atoms with Gasteiger partial charge in [-0.1, -0.05) is 15.9 Å². The second kappa shape index (κ2) is 8.14. The maximum atomic E-state index is 12.8. The third kappa shape index (κ3) is 4.01. The van der Waals surface area contributed by atoms with Crippen LogP contribution in [0.5, 0.6) is 5.75 Å². The van der Waals surface area contributed by atoms with Crippen molar-refractivity contribution in [1.29, 1.82) is 0 Å². The van der Waals surface area contributed by atoms with E-state index in [1.54, 1.807) is 7.11 Å². The molecule has 0 aliphatic carbocycles. The predicted octanol–water partition coefficient (Wildman–Crippen LogP) is 6.33. The summed E-state index contributed by atoms with van der Waals surface area (Å²) in [7, 11) is 1.63. The van der Waals surface area contributed by atoms with Crippen molar-refractivity contribution in [2.24, 2.45) is 0 Å². The maximum Gasteiger partial charge on any atom is 0.267 e. The number of hydrogen-bond acceptors (Lipinski definition) is 5. The summed E-state index contributed by atoms with van der Waals surface area (Å²) in [5.74, 6) is 0.521. The number of carbonyl (C=O) groups excluding carboxylic acids is 1. The normalized spacial score (nSPS) is 10.9. The van der Waals surface area contributed by atoms with Crippen LogP contribution in [0.1, 0.15) is 9.67 Å². The number of aromatic nitrogens is 1. The molecule has 0 aliphatic rings. The highest BCUT2D eigenvalue weighted by Crippen LogP contribution is 2.35. The van der Waals surface area contributed by atoms with Gasteiger partial charge in [0.25, 0.3) is 5.91 Å². The number of nitrogen functional groups attached to an aromatic ring is 1. The SMILES string of the molecule is COc1ccc(-c2ccc3c(N)c(C(=O)Nc4ccc(Br)cc4Br)sc3n2)cc1. The van der Waals surface area contributed by atoms with E-state index in [1.165, 1.54) is 11.3 Å². The van der Waals surface area contributed by atoms with E-state index in [-0.39, 0.29) is 5.91 Å². The second-order valence-electron chi connectivity index (χ2n) is 6.20. The van der Waals surface area contributed by atoms with E-state index in [0.717, 1.165) is 36.2 Å². The van der Waals surface area contributed by atoms with E-state index in [1.807, 2.05) is 54.6 Å². The third-order valence-electron chi connectivity index (χ3n) is 4.37. The monoisotopic (exact) mass is 531 g/mol. The van der Waals surface area contributed by atoms with Gasteiger partial charge in [-0.25, -0.2) is 4.98 Å². The van der Waals surface area contributed by atoms with Gasteiger partial charge in [-0.2, -0.15) is 0 Å². The Hall–Kier alpha value is -2.42. The molecule has 8 heteroatoms. The van der Waals surface area contributed by atoms with Gasteiger partial charge in [-0.15, -0.1) is 11.3 Å². The van der Waals surface area contributed by atoms with Crippen LogP contribution >= 0.6 is 43.2 Å². The van der Waals surface area contributed by atoms with Gasteiger partial charge in [0.15, 0.2) is 0 Å². The van der Waals surface area contributed by atoms with E-state index in [4.69, 9.17) is 15.5 Å². The third-order valence-corrected chi connectivity index (χ3v) is 6.63. The molecular weight excluding hydrogens is 518 g/mol. The summed E-state index contributed by atoms with van der Waals surface area (Å²) in [6, 6.07) is 17.0. The number of pyridine rings is 1. The minimum atomic E-state index is -0.264. The number of methoxy groups -OCH3 is 1. The first-order chi connectivity index (χ1) is 14.0. The molecule has 2 aromatic carbocycles. The van der Waals surface area contributed by atoms with Gasteiger partial charge >= 0.3 is 0 Å². The zero-order valence-electron chi connectivity index (χ0n) is 15.2. The number of nitrogens with one attached hydrogen (secondary N) is 1. The summed E-state index contributed by atoms with van der Waals surface area (Å²) in [4.78, 5) is 18.7. The zero-order chi connectivity index (χ0) is 20.5. The van der Waals surface area contributed by atoms with Crippen LogP contribution in [0.15, 0.2) is 63.5 Å². The number of nitrogens with zero attached hydrogens (tertiary/aromatic N) is 1. The van der Waals surface area contributed by atoms with E-state index in [9.17, 15) is 4.79 Å². The number of amides is 1. The van der Waals surface area contributed by atoms with Gasteiger partial charge in [0.2, 0.25) is 0 Å². The average Bonchev–Trinajstić information content (AvgIpc) is 3.06. The summed E-state index contributed by atoms with van der Waals surface area (Å²) in [5, 5.41) is 3.67. The van der Waals surface area contributed by atoms with Crippen LogP contribution in [0.4, 0.5) is 11.4 Å². The molecule has 0 bridgehead atoms. The highest BCUT2D eigenvalue weighted by molar-refractivity contribution is 9.11. The van der Waals surface area contributed by atoms with Gasteiger partial charge in [-0.05, 0) is 70.5 Å². The second-order valence-corrected chi connectivity index (χ2v) is 8.97. The van der Waals surface area contributed by atoms with Crippen molar-refractivity contribution in [2.75, 3.05) is 18.2 Å². The summed E-state index contributed by atoms with van der Waals surface area (Å²) in [5.41, 5.74) is 9.13. The Bertz CT molecular complexity index is 1220. The van der Waals surface area contributed by atoms with Gasteiger partial charge in [0.1, 0.15) is 15.5 Å².